The molecule has 16 heavy (non-hydrogen) atoms. The molecule has 3 heteroatoms. The molecule has 3 fully saturated rings. The van der Waals surface area contributed by atoms with Crippen LogP contribution in [0.1, 0.15) is 44.9 Å². The van der Waals surface area contributed by atoms with Crippen LogP contribution in [-0.2, 0) is 4.79 Å². The molecule has 0 bridgehead atoms. The lowest BCUT2D eigenvalue weighted by atomic mass is 9.79. The molecule has 2 saturated heterocycles. The van der Waals surface area contributed by atoms with Gasteiger partial charge in [0.1, 0.15) is 0 Å². The highest BCUT2D eigenvalue weighted by molar-refractivity contribution is 5.81. The molecule has 0 aromatic heterocycles. The van der Waals surface area contributed by atoms with Crippen LogP contribution >= 0.6 is 0 Å². The van der Waals surface area contributed by atoms with Crippen molar-refractivity contribution in [2.45, 2.75) is 57.2 Å². The van der Waals surface area contributed by atoms with Gasteiger partial charge < -0.3 is 4.90 Å². The smallest absolute Gasteiger partial charge is 0.228 e. The van der Waals surface area contributed by atoms with E-state index in [1.807, 2.05) is 0 Å². The molecule has 0 unspecified atom stereocenters. The fourth-order valence-corrected chi connectivity index (χ4v) is 3.92. The van der Waals surface area contributed by atoms with Crippen molar-refractivity contribution in [3.63, 3.8) is 0 Å². The van der Waals surface area contributed by atoms with Crippen LogP contribution in [0.2, 0.25) is 0 Å². The molecule has 0 aromatic carbocycles. The molecule has 3 aliphatic rings. The minimum atomic E-state index is 0.313. The van der Waals surface area contributed by atoms with Gasteiger partial charge in [0.2, 0.25) is 5.91 Å². The molecule has 1 aliphatic carbocycles. The topological polar surface area (TPSA) is 23.6 Å². The molecule has 1 saturated carbocycles. The second-order valence-electron chi connectivity index (χ2n) is 5.63. The summed E-state index contributed by atoms with van der Waals surface area (Å²) in [6, 6.07) is 0.542. The Hall–Kier alpha value is -0.570. The van der Waals surface area contributed by atoms with Gasteiger partial charge in [0.05, 0.1) is 12.1 Å². The molecule has 2 aliphatic heterocycles. The molecule has 90 valence electrons. The highest BCUT2D eigenvalue weighted by Crippen LogP contribution is 2.37. The van der Waals surface area contributed by atoms with E-state index < -0.39 is 0 Å². The van der Waals surface area contributed by atoms with Crippen molar-refractivity contribution in [2.75, 3.05) is 13.6 Å². The van der Waals surface area contributed by atoms with Crippen LogP contribution in [0.4, 0.5) is 0 Å². The largest absolute Gasteiger partial charge is 0.327 e. The highest BCUT2D eigenvalue weighted by Gasteiger charge is 2.46. The van der Waals surface area contributed by atoms with E-state index in [1.54, 1.807) is 0 Å². The molecular formula is C13H22N2O. The Labute approximate surface area is 97.8 Å². The van der Waals surface area contributed by atoms with Gasteiger partial charge >= 0.3 is 0 Å². The summed E-state index contributed by atoms with van der Waals surface area (Å²) >= 11 is 0. The zero-order chi connectivity index (χ0) is 11.1. The number of piperidine rings is 1. The molecule has 0 radical (unpaired) electrons. The molecule has 0 spiro atoms. The third kappa shape index (κ3) is 1.48. The van der Waals surface area contributed by atoms with Gasteiger partial charge in [-0.2, -0.15) is 0 Å². The van der Waals surface area contributed by atoms with E-state index in [0.717, 1.165) is 13.0 Å². The predicted octanol–water partition coefficient (Wildman–Crippen LogP) is 1.83. The Bertz CT molecular complexity index is 266. The predicted molar refractivity (Wildman–Crippen MR) is 62.9 cm³/mol. The average Bonchev–Trinajstić information content (AvgIpc) is 2.36. The van der Waals surface area contributed by atoms with E-state index in [-0.39, 0.29) is 0 Å². The van der Waals surface area contributed by atoms with Crippen LogP contribution in [0.5, 0.6) is 0 Å². The second-order valence-corrected chi connectivity index (χ2v) is 5.63. The first-order valence-corrected chi connectivity index (χ1v) is 6.81. The van der Waals surface area contributed by atoms with Crippen LogP contribution in [0.3, 0.4) is 0 Å². The van der Waals surface area contributed by atoms with Gasteiger partial charge in [-0.15, -0.1) is 0 Å². The lowest BCUT2D eigenvalue weighted by Gasteiger charge is -2.53. The van der Waals surface area contributed by atoms with E-state index in [9.17, 15) is 4.79 Å². The molecular weight excluding hydrogens is 200 g/mol. The molecule has 0 N–H and O–H groups in total. The summed E-state index contributed by atoms with van der Waals surface area (Å²) in [6.45, 7) is 0.997. The summed E-state index contributed by atoms with van der Waals surface area (Å²) in [5.74, 6) is 0.778. The van der Waals surface area contributed by atoms with E-state index in [0.29, 0.717) is 24.0 Å². The van der Waals surface area contributed by atoms with E-state index in [4.69, 9.17) is 0 Å². The Morgan fingerprint density at radius 2 is 1.81 bits per heavy atom. The average molecular weight is 222 g/mol. The van der Waals surface area contributed by atoms with Crippen molar-refractivity contribution in [3.05, 3.63) is 0 Å². The number of fused-ring (bicyclic) bond motifs is 2. The summed E-state index contributed by atoms with van der Waals surface area (Å²) in [7, 11) is 2.23. The van der Waals surface area contributed by atoms with Gasteiger partial charge in [-0.3, -0.25) is 9.69 Å². The number of carbonyl (C=O) groups is 1. The maximum atomic E-state index is 12.4. The first-order valence-electron chi connectivity index (χ1n) is 6.81. The normalized spacial score (nSPS) is 40.4. The Morgan fingerprint density at radius 1 is 1.06 bits per heavy atom. The summed E-state index contributed by atoms with van der Waals surface area (Å²) in [6.07, 6.45) is 9.01. The molecule has 3 nitrogen and oxygen atoms in total. The number of carbonyl (C=O) groups excluding carboxylic acids is 1. The monoisotopic (exact) mass is 222 g/mol. The quantitative estimate of drug-likeness (QED) is 0.624. The zero-order valence-corrected chi connectivity index (χ0v) is 10.2. The van der Waals surface area contributed by atoms with Crippen molar-refractivity contribution in [3.8, 4) is 0 Å². The SMILES string of the molecule is CN1[C@H]2CCCC[C@H]2C(=O)N2CCCC[C@@H]21. The minimum absolute atomic E-state index is 0.313. The maximum absolute atomic E-state index is 12.4. The molecule has 0 aromatic rings. The van der Waals surface area contributed by atoms with Gasteiger partial charge in [-0.05, 0) is 39.2 Å². The van der Waals surface area contributed by atoms with Crippen LogP contribution in [0.25, 0.3) is 0 Å². The van der Waals surface area contributed by atoms with Crippen LogP contribution in [0, 0.1) is 5.92 Å². The first kappa shape index (κ1) is 10.6. The number of amides is 1. The third-order valence-corrected chi connectivity index (χ3v) is 4.79. The van der Waals surface area contributed by atoms with Crippen molar-refractivity contribution in [1.29, 1.82) is 0 Å². The summed E-state index contributed by atoms with van der Waals surface area (Å²) < 4.78 is 0. The van der Waals surface area contributed by atoms with Crippen LogP contribution in [0.15, 0.2) is 0 Å². The van der Waals surface area contributed by atoms with Gasteiger partial charge in [0.25, 0.3) is 0 Å². The van der Waals surface area contributed by atoms with Crippen molar-refractivity contribution < 1.29 is 4.79 Å². The Morgan fingerprint density at radius 3 is 2.69 bits per heavy atom. The van der Waals surface area contributed by atoms with E-state index >= 15 is 0 Å². The molecule has 2 heterocycles. The van der Waals surface area contributed by atoms with E-state index in [2.05, 4.69) is 16.8 Å². The highest BCUT2D eigenvalue weighted by atomic mass is 16.2. The van der Waals surface area contributed by atoms with Crippen molar-refractivity contribution >= 4 is 5.91 Å². The Kier molecular flexibility index (Phi) is 2.66. The Balaban J connectivity index is 1.86. The fraction of sp³-hybridized carbons (Fsp3) is 0.923. The van der Waals surface area contributed by atoms with Gasteiger partial charge in [-0.25, -0.2) is 0 Å². The van der Waals surface area contributed by atoms with Crippen molar-refractivity contribution in [1.82, 2.24) is 9.80 Å². The van der Waals surface area contributed by atoms with Gasteiger partial charge in [-0.1, -0.05) is 12.8 Å². The lowest BCUT2D eigenvalue weighted by molar-refractivity contribution is -0.162. The zero-order valence-electron chi connectivity index (χ0n) is 10.2. The number of hydrogen-bond acceptors (Lipinski definition) is 2. The summed E-state index contributed by atoms with van der Waals surface area (Å²) in [5, 5.41) is 0. The lowest BCUT2D eigenvalue weighted by Crippen LogP contribution is -2.65. The maximum Gasteiger partial charge on any atom is 0.228 e. The van der Waals surface area contributed by atoms with Crippen LogP contribution in [-0.4, -0.2) is 41.5 Å². The standard InChI is InChI=1S/C13H22N2O/c1-14-11-7-3-2-6-10(11)13(16)15-9-5-4-8-12(14)15/h10-12H,2-9H2,1H3/t10-,11+,12-/m1/s1. The summed E-state index contributed by atoms with van der Waals surface area (Å²) in [4.78, 5) is 17.1. The third-order valence-electron chi connectivity index (χ3n) is 4.79. The number of hydrogen-bond donors (Lipinski definition) is 0. The van der Waals surface area contributed by atoms with Crippen LogP contribution < -0.4 is 0 Å². The summed E-state index contributed by atoms with van der Waals surface area (Å²) in [5.41, 5.74) is 0. The van der Waals surface area contributed by atoms with Crippen molar-refractivity contribution in [2.24, 2.45) is 5.92 Å². The van der Waals surface area contributed by atoms with Gasteiger partial charge in [0, 0.05) is 12.6 Å². The molecule has 3 rings (SSSR count). The minimum Gasteiger partial charge on any atom is -0.327 e. The number of rotatable bonds is 0. The molecule has 1 amide bonds. The first-order chi connectivity index (χ1) is 7.79. The second kappa shape index (κ2) is 4.02. The van der Waals surface area contributed by atoms with Gasteiger partial charge in [0.15, 0.2) is 0 Å². The van der Waals surface area contributed by atoms with E-state index in [1.165, 1.54) is 38.5 Å². The fourth-order valence-electron chi connectivity index (χ4n) is 3.92. The number of nitrogens with zero attached hydrogens (tertiary/aromatic N) is 2. The molecule has 3 atom stereocenters.